The highest BCUT2D eigenvalue weighted by Gasteiger charge is 2.30. The van der Waals surface area contributed by atoms with E-state index in [2.05, 4.69) is 5.32 Å². The highest BCUT2D eigenvalue weighted by molar-refractivity contribution is 7.92. The zero-order valence-electron chi connectivity index (χ0n) is 19.1. The van der Waals surface area contributed by atoms with Crippen molar-refractivity contribution in [2.75, 3.05) is 23.7 Å². The molecule has 2 amide bonds. The van der Waals surface area contributed by atoms with Gasteiger partial charge in [-0.1, -0.05) is 35.9 Å². The van der Waals surface area contributed by atoms with Gasteiger partial charge in [0.25, 0.3) is 0 Å². The number of aryl methyl sites for hydroxylation is 2. The monoisotopic (exact) mass is 463 g/mol. The number of anilines is 1. The van der Waals surface area contributed by atoms with Crippen molar-refractivity contribution in [2.45, 2.75) is 40.3 Å². The standard InChI is InChI=1S/C23H30FN3O4S/c1-6-25-23(29)18(4)26(14-19-9-7-8-10-20(19)24)22(28)15-27(32(5,30)31)21-12-11-16(2)13-17(21)3/h7-13,18H,6,14-15H2,1-5H3,(H,25,29)/t18-/m0/s1. The van der Waals surface area contributed by atoms with Crippen LogP contribution in [0, 0.1) is 19.7 Å². The molecule has 32 heavy (non-hydrogen) atoms. The molecule has 0 saturated heterocycles. The largest absolute Gasteiger partial charge is 0.355 e. The summed E-state index contributed by atoms with van der Waals surface area (Å²) in [6, 6.07) is 10.3. The van der Waals surface area contributed by atoms with Crippen LogP contribution in [0.5, 0.6) is 0 Å². The summed E-state index contributed by atoms with van der Waals surface area (Å²) in [4.78, 5) is 27.0. The minimum absolute atomic E-state index is 0.172. The average molecular weight is 464 g/mol. The van der Waals surface area contributed by atoms with Crippen LogP contribution in [0.2, 0.25) is 0 Å². The first-order valence-electron chi connectivity index (χ1n) is 10.3. The van der Waals surface area contributed by atoms with Crippen LogP contribution in [0.15, 0.2) is 42.5 Å². The molecule has 9 heteroatoms. The molecule has 7 nitrogen and oxygen atoms in total. The van der Waals surface area contributed by atoms with Crippen molar-refractivity contribution >= 4 is 27.5 Å². The molecule has 2 rings (SSSR count). The third-order valence-corrected chi connectivity index (χ3v) is 6.24. The third-order valence-electron chi connectivity index (χ3n) is 5.12. The Morgan fingerprint density at radius 3 is 2.34 bits per heavy atom. The van der Waals surface area contributed by atoms with E-state index in [4.69, 9.17) is 0 Å². The molecule has 1 N–H and O–H groups in total. The molecule has 1 atom stereocenters. The Morgan fingerprint density at radius 1 is 1.12 bits per heavy atom. The van der Waals surface area contributed by atoms with Crippen molar-refractivity contribution in [3.8, 4) is 0 Å². The Labute approximate surface area is 189 Å². The Hall–Kier alpha value is -2.94. The van der Waals surface area contributed by atoms with E-state index in [1.165, 1.54) is 30.0 Å². The number of likely N-dealkylation sites (N-methyl/N-ethyl adjacent to an activating group) is 1. The van der Waals surface area contributed by atoms with Crippen molar-refractivity contribution < 1.29 is 22.4 Å². The lowest BCUT2D eigenvalue weighted by Gasteiger charge is -2.32. The predicted octanol–water partition coefficient (Wildman–Crippen LogP) is 2.76. The molecule has 2 aromatic rings. The zero-order valence-corrected chi connectivity index (χ0v) is 19.9. The molecule has 174 valence electrons. The smallest absolute Gasteiger partial charge is 0.244 e. The number of benzene rings is 2. The Kier molecular flexibility index (Phi) is 8.38. The van der Waals surface area contributed by atoms with Crippen LogP contribution in [0.4, 0.5) is 10.1 Å². The summed E-state index contributed by atoms with van der Waals surface area (Å²) in [5.41, 5.74) is 2.26. The van der Waals surface area contributed by atoms with Gasteiger partial charge >= 0.3 is 0 Å². The van der Waals surface area contributed by atoms with E-state index in [9.17, 15) is 22.4 Å². The van der Waals surface area contributed by atoms with Crippen molar-refractivity contribution in [1.29, 1.82) is 0 Å². The molecule has 0 fully saturated rings. The lowest BCUT2D eigenvalue weighted by Crippen LogP contribution is -2.51. The number of nitrogens with one attached hydrogen (secondary N) is 1. The number of sulfonamides is 1. The molecule has 2 aromatic carbocycles. The minimum atomic E-state index is -3.81. The van der Waals surface area contributed by atoms with Gasteiger partial charge in [0.05, 0.1) is 11.9 Å². The molecule has 0 heterocycles. The van der Waals surface area contributed by atoms with E-state index in [0.717, 1.165) is 16.1 Å². The average Bonchev–Trinajstić information content (AvgIpc) is 2.70. The second-order valence-corrected chi connectivity index (χ2v) is 9.65. The van der Waals surface area contributed by atoms with Gasteiger partial charge in [0.1, 0.15) is 18.4 Å². The number of rotatable bonds is 9. The van der Waals surface area contributed by atoms with Crippen LogP contribution >= 0.6 is 0 Å². The molecule has 0 saturated carbocycles. The first-order valence-corrected chi connectivity index (χ1v) is 12.2. The van der Waals surface area contributed by atoms with E-state index in [1.54, 1.807) is 32.0 Å². The predicted molar refractivity (Wildman–Crippen MR) is 123 cm³/mol. The van der Waals surface area contributed by atoms with E-state index < -0.39 is 40.2 Å². The van der Waals surface area contributed by atoms with Crippen LogP contribution in [0.25, 0.3) is 0 Å². The molecule has 0 radical (unpaired) electrons. The minimum Gasteiger partial charge on any atom is -0.355 e. The van der Waals surface area contributed by atoms with Gasteiger partial charge in [-0.05, 0) is 45.4 Å². The normalized spacial score (nSPS) is 12.2. The SMILES string of the molecule is CCNC(=O)[C@H](C)N(Cc1ccccc1F)C(=O)CN(c1ccc(C)cc1C)S(C)(=O)=O. The van der Waals surface area contributed by atoms with Gasteiger partial charge < -0.3 is 10.2 Å². The topological polar surface area (TPSA) is 86.8 Å². The Balaban J connectivity index is 2.43. The molecule has 0 unspecified atom stereocenters. The lowest BCUT2D eigenvalue weighted by atomic mass is 10.1. The van der Waals surface area contributed by atoms with Gasteiger partial charge in [-0.2, -0.15) is 0 Å². The fourth-order valence-corrected chi connectivity index (χ4v) is 4.30. The Morgan fingerprint density at radius 2 is 1.78 bits per heavy atom. The summed E-state index contributed by atoms with van der Waals surface area (Å²) in [6.45, 7) is 6.61. The highest BCUT2D eigenvalue weighted by atomic mass is 32.2. The van der Waals surface area contributed by atoms with Crippen LogP contribution in [0.3, 0.4) is 0 Å². The number of carbonyl (C=O) groups excluding carboxylic acids is 2. The quantitative estimate of drug-likeness (QED) is 0.620. The summed E-state index contributed by atoms with van der Waals surface area (Å²) in [6.07, 6.45) is 1.02. The van der Waals surface area contributed by atoms with E-state index >= 15 is 0 Å². The molecular formula is C23H30FN3O4S. The lowest BCUT2D eigenvalue weighted by molar-refractivity contribution is -0.139. The summed E-state index contributed by atoms with van der Waals surface area (Å²) in [7, 11) is -3.81. The molecular weight excluding hydrogens is 433 g/mol. The van der Waals surface area contributed by atoms with Crippen molar-refractivity contribution in [2.24, 2.45) is 0 Å². The maximum atomic E-state index is 14.3. The fraction of sp³-hybridized carbons (Fsp3) is 0.391. The summed E-state index contributed by atoms with van der Waals surface area (Å²) >= 11 is 0. The van der Waals surface area contributed by atoms with E-state index in [0.29, 0.717) is 17.8 Å². The summed E-state index contributed by atoms with van der Waals surface area (Å²) in [5.74, 6) is -1.53. The van der Waals surface area contributed by atoms with E-state index in [1.807, 2.05) is 13.0 Å². The van der Waals surface area contributed by atoms with Gasteiger partial charge in [-0.25, -0.2) is 12.8 Å². The summed E-state index contributed by atoms with van der Waals surface area (Å²) in [5, 5.41) is 2.65. The molecule has 0 aliphatic carbocycles. The molecule has 0 aromatic heterocycles. The van der Waals surface area contributed by atoms with E-state index in [-0.39, 0.29) is 12.1 Å². The fourth-order valence-electron chi connectivity index (χ4n) is 3.39. The van der Waals surface area contributed by atoms with Crippen LogP contribution in [-0.4, -0.2) is 50.5 Å². The first-order chi connectivity index (χ1) is 15.0. The van der Waals surface area contributed by atoms with Gasteiger partial charge in [0.2, 0.25) is 21.8 Å². The maximum absolute atomic E-state index is 14.3. The number of nitrogens with zero attached hydrogens (tertiary/aromatic N) is 2. The van der Waals surface area contributed by atoms with Gasteiger partial charge in [-0.3, -0.25) is 13.9 Å². The number of hydrogen-bond acceptors (Lipinski definition) is 4. The first kappa shape index (κ1) is 25.3. The van der Waals surface area contributed by atoms with Crippen LogP contribution in [-0.2, 0) is 26.2 Å². The zero-order chi connectivity index (χ0) is 24.1. The van der Waals surface area contributed by atoms with Gasteiger partial charge in [0, 0.05) is 18.7 Å². The van der Waals surface area contributed by atoms with Gasteiger partial charge in [0.15, 0.2) is 0 Å². The maximum Gasteiger partial charge on any atom is 0.244 e. The number of carbonyl (C=O) groups is 2. The number of amides is 2. The van der Waals surface area contributed by atoms with Gasteiger partial charge in [-0.15, -0.1) is 0 Å². The summed E-state index contributed by atoms with van der Waals surface area (Å²) < 4.78 is 40.4. The molecule has 0 bridgehead atoms. The second-order valence-electron chi connectivity index (χ2n) is 7.74. The Bertz CT molecular complexity index is 1090. The second kappa shape index (κ2) is 10.6. The number of hydrogen-bond donors (Lipinski definition) is 1. The van der Waals surface area contributed by atoms with Crippen LogP contribution in [0.1, 0.15) is 30.5 Å². The molecule has 0 aliphatic heterocycles. The van der Waals surface area contributed by atoms with Crippen LogP contribution < -0.4 is 9.62 Å². The molecule has 0 aliphatic rings. The molecule has 0 spiro atoms. The number of halogens is 1. The third kappa shape index (κ3) is 6.29. The van der Waals surface area contributed by atoms with Crippen molar-refractivity contribution in [3.05, 3.63) is 65.0 Å². The highest BCUT2D eigenvalue weighted by Crippen LogP contribution is 2.24. The van der Waals surface area contributed by atoms with Crippen molar-refractivity contribution in [3.63, 3.8) is 0 Å². The van der Waals surface area contributed by atoms with Crippen molar-refractivity contribution in [1.82, 2.24) is 10.2 Å².